The topological polar surface area (TPSA) is 95.5 Å². The monoisotopic (exact) mass is 284 g/mol. The van der Waals surface area contributed by atoms with Crippen molar-refractivity contribution in [3.05, 3.63) is 0 Å². The summed E-state index contributed by atoms with van der Waals surface area (Å²) in [4.78, 5) is 32.4. The third-order valence-electron chi connectivity index (χ3n) is 1.96. The van der Waals surface area contributed by atoms with Crippen molar-refractivity contribution in [2.45, 2.75) is 44.8 Å². The molecular weight excluding hydrogens is 269 g/mol. The molecule has 1 unspecified atom stereocenters. The molecule has 6 nitrogen and oxygen atoms in total. The van der Waals surface area contributed by atoms with Crippen LogP contribution in [0.3, 0.4) is 0 Å². The van der Waals surface area contributed by atoms with E-state index in [-0.39, 0.29) is 19.3 Å². The Morgan fingerprint density at radius 3 is 2.26 bits per heavy atom. The number of carboxylic acids is 1. The first kappa shape index (κ1) is 17.2. The molecule has 1 atom stereocenters. The van der Waals surface area contributed by atoms with Gasteiger partial charge in [0.05, 0.1) is 6.42 Å². The van der Waals surface area contributed by atoms with Gasteiger partial charge in [-0.2, -0.15) is 13.2 Å². The molecule has 0 saturated carbocycles. The molecule has 19 heavy (non-hydrogen) atoms. The molecule has 0 aliphatic heterocycles. The molecule has 0 aromatic rings. The third-order valence-corrected chi connectivity index (χ3v) is 1.96. The van der Waals surface area contributed by atoms with Crippen molar-refractivity contribution in [2.24, 2.45) is 0 Å². The predicted molar refractivity (Wildman–Crippen MR) is 58.3 cm³/mol. The molecule has 0 saturated heterocycles. The first-order chi connectivity index (χ1) is 8.60. The number of carbonyl (C=O) groups excluding carboxylic acids is 2. The molecule has 3 amide bonds. The first-order valence-electron chi connectivity index (χ1n) is 5.49. The minimum atomic E-state index is -4.40. The van der Waals surface area contributed by atoms with Gasteiger partial charge in [-0.1, -0.05) is 0 Å². The molecule has 110 valence electrons. The van der Waals surface area contributed by atoms with Gasteiger partial charge in [0, 0.05) is 18.9 Å². The van der Waals surface area contributed by atoms with Crippen LogP contribution in [0.5, 0.6) is 0 Å². The van der Waals surface area contributed by atoms with E-state index in [1.54, 1.807) is 0 Å². The maximum absolute atomic E-state index is 12.0. The van der Waals surface area contributed by atoms with E-state index in [4.69, 9.17) is 5.11 Å². The number of amides is 3. The van der Waals surface area contributed by atoms with Crippen LogP contribution in [0.1, 0.15) is 32.6 Å². The number of urea groups is 1. The summed E-state index contributed by atoms with van der Waals surface area (Å²) in [5.74, 6) is -1.81. The minimum Gasteiger partial charge on any atom is -0.481 e. The summed E-state index contributed by atoms with van der Waals surface area (Å²) in [6, 6.07) is -2.19. The van der Waals surface area contributed by atoms with Crippen molar-refractivity contribution in [3.63, 3.8) is 0 Å². The molecule has 3 N–H and O–H groups in total. The summed E-state index contributed by atoms with van der Waals surface area (Å²) >= 11 is 0. The Labute approximate surface area is 107 Å². The normalized spacial score (nSPS) is 12.6. The van der Waals surface area contributed by atoms with Crippen LogP contribution in [0, 0.1) is 0 Å². The van der Waals surface area contributed by atoms with Gasteiger partial charge >= 0.3 is 18.2 Å². The number of imide groups is 1. The van der Waals surface area contributed by atoms with Gasteiger partial charge < -0.3 is 10.4 Å². The molecule has 0 aromatic carbocycles. The molecule has 0 aliphatic rings. The molecule has 0 radical (unpaired) electrons. The number of rotatable bonds is 6. The van der Waals surface area contributed by atoms with Crippen molar-refractivity contribution in [1.29, 1.82) is 0 Å². The Kier molecular flexibility index (Phi) is 6.87. The van der Waals surface area contributed by atoms with E-state index in [9.17, 15) is 27.6 Å². The molecule has 0 aliphatic carbocycles. The number of carboxylic acid groups (broad SMARTS) is 1. The Morgan fingerprint density at radius 1 is 1.21 bits per heavy atom. The maximum Gasteiger partial charge on any atom is 0.391 e. The SMILES string of the molecule is CC(CC(F)(F)F)NC(=O)NC(=O)CCCC(=O)O. The predicted octanol–water partition coefficient (Wildman–Crippen LogP) is 1.41. The van der Waals surface area contributed by atoms with Crippen LogP contribution in [-0.2, 0) is 9.59 Å². The van der Waals surface area contributed by atoms with Crippen LogP contribution in [0.2, 0.25) is 0 Å². The average Bonchev–Trinajstić information content (AvgIpc) is 2.12. The number of halogens is 3. The highest BCUT2D eigenvalue weighted by atomic mass is 19.4. The molecule has 0 bridgehead atoms. The second-order valence-electron chi connectivity index (χ2n) is 3.99. The molecule has 0 rings (SSSR count). The van der Waals surface area contributed by atoms with Gasteiger partial charge in [-0.3, -0.25) is 14.9 Å². The van der Waals surface area contributed by atoms with E-state index in [2.05, 4.69) is 0 Å². The van der Waals surface area contributed by atoms with E-state index < -0.39 is 36.5 Å². The number of hydrogen-bond acceptors (Lipinski definition) is 3. The number of hydrogen-bond donors (Lipinski definition) is 3. The van der Waals surface area contributed by atoms with E-state index in [0.29, 0.717) is 0 Å². The van der Waals surface area contributed by atoms with Crippen molar-refractivity contribution >= 4 is 17.9 Å². The smallest absolute Gasteiger partial charge is 0.391 e. The number of alkyl halides is 3. The summed E-state index contributed by atoms with van der Waals surface area (Å²) < 4.78 is 35.9. The standard InChI is InChI=1S/C10H15F3N2O4/c1-6(5-10(11,12)13)14-9(19)15-7(16)3-2-4-8(17)18/h6H,2-5H2,1H3,(H,17,18)(H2,14,15,16,19). The van der Waals surface area contributed by atoms with Crippen molar-refractivity contribution in [2.75, 3.05) is 0 Å². The lowest BCUT2D eigenvalue weighted by Crippen LogP contribution is -2.44. The Bertz CT molecular complexity index is 344. The summed E-state index contributed by atoms with van der Waals surface area (Å²) in [5, 5.41) is 12.1. The van der Waals surface area contributed by atoms with Crippen LogP contribution < -0.4 is 10.6 Å². The quantitative estimate of drug-likeness (QED) is 0.687. The fourth-order valence-corrected chi connectivity index (χ4v) is 1.25. The minimum absolute atomic E-state index is 0.0482. The van der Waals surface area contributed by atoms with Gasteiger partial charge in [-0.25, -0.2) is 4.79 Å². The molecule has 0 aromatic heterocycles. The van der Waals surface area contributed by atoms with Crippen molar-refractivity contribution < 1.29 is 32.7 Å². The van der Waals surface area contributed by atoms with E-state index in [0.717, 1.165) is 6.92 Å². The zero-order chi connectivity index (χ0) is 15.1. The molecule has 0 fully saturated rings. The molecule has 0 spiro atoms. The average molecular weight is 284 g/mol. The first-order valence-corrected chi connectivity index (χ1v) is 5.49. The molecule has 9 heteroatoms. The summed E-state index contributed by atoms with van der Waals surface area (Å²) in [6.07, 6.45) is -5.97. The lowest BCUT2D eigenvalue weighted by atomic mass is 10.2. The Morgan fingerprint density at radius 2 is 1.79 bits per heavy atom. The van der Waals surface area contributed by atoms with E-state index >= 15 is 0 Å². The van der Waals surface area contributed by atoms with E-state index in [1.807, 2.05) is 10.6 Å². The fraction of sp³-hybridized carbons (Fsp3) is 0.700. The zero-order valence-electron chi connectivity index (χ0n) is 10.2. The van der Waals surface area contributed by atoms with Crippen molar-refractivity contribution in [3.8, 4) is 0 Å². The van der Waals surface area contributed by atoms with Gasteiger partial charge in [0.25, 0.3) is 0 Å². The Balaban J connectivity index is 3.90. The van der Waals surface area contributed by atoms with Gasteiger partial charge in [0.15, 0.2) is 0 Å². The lowest BCUT2D eigenvalue weighted by molar-refractivity contribution is -0.138. The molecule has 0 heterocycles. The number of carbonyl (C=O) groups is 3. The summed E-state index contributed by atoms with van der Waals surface area (Å²) in [7, 11) is 0. The Hall–Kier alpha value is -1.80. The van der Waals surface area contributed by atoms with Crippen LogP contribution >= 0.6 is 0 Å². The van der Waals surface area contributed by atoms with E-state index in [1.165, 1.54) is 0 Å². The summed E-state index contributed by atoms with van der Waals surface area (Å²) in [6.45, 7) is 1.15. The van der Waals surface area contributed by atoms with Gasteiger partial charge in [-0.05, 0) is 13.3 Å². The van der Waals surface area contributed by atoms with Gasteiger partial charge in [0.1, 0.15) is 0 Å². The highest BCUT2D eigenvalue weighted by molar-refractivity contribution is 5.94. The zero-order valence-corrected chi connectivity index (χ0v) is 10.2. The highest BCUT2D eigenvalue weighted by Gasteiger charge is 2.30. The van der Waals surface area contributed by atoms with Crippen LogP contribution in [0.4, 0.5) is 18.0 Å². The fourth-order valence-electron chi connectivity index (χ4n) is 1.25. The second kappa shape index (κ2) is 7.59. The maximum atomic E-state index is 12.0. The number of nitrogens with one attached hydrogen (secondary N) is 2. The lowest BCUT2D eigenvalue weighted by Gasteiger charge is -2.15. The van der Waals surface area contributed by atoms with Crippen molar-refractivity contribution in [1.82, 2.24) is 10.6 Å². The van der Waals surface area contributed by atoms with Crippen LogP contribution in [0.15, 0.2) is 0 Å². The summed E-state index contributed by atoms with van der Waals surface area (Å²) in [5.41, 5.74) is 0. The van der Waals surface area contributed by atoms with Crippen LogP contribution in [-0.4, -0.2) is 35.2 Å². The largest absolute Gasteiger partial charge is 0.481 e. The van der Waals surface area contributed by atoms with Gasteiger partial charge in [-0.15, -0.1) is 0 Å². The van der Waals surface area contributed by atoms with Crippen LogP contribution in [0.25, 0.3) is 0 Å². The molecular formula is C10H15F3N2O4. The number of aliphatic carboxylic acids is 1. The highest BCUT2D eigenvalue weighted by Crippen LogP contribution is 2.21. The van der Waals surface area contributed by atoms with Gasteiger partial charge in [0.2, 0.25) is 5.91 Å². The third kappa shape index (κ3) is 11.0. The second-order valence-corrected chi connectivity index (χ2v) is 3.99.